The van der Waals surface area contributed by atoms with Gasteiger partial charge in [-0.2, -0.15) is 4.98 Å². The maximum atomic E-state index is 4.61. The molecule has 3 rings (SSSR count). The summed E-state index contributed by atoms with van der Waals surface area (Å²) in [5.74, 6) is 1.48. The lowest BCUT2D eigenvalue weighted by Gasteiger charge is -2.18. The van der Waals surface area contributed by atoms with Crippen molar-refractivity contribution in [1.29, 1.82) is 0 Å². The number of para-hydroxylation sites is 1. The maximum absolute atomic E-state index is 4.61. The first-order chi connectivity index (χ1) is 11.2. The summed E-state index contributed by atoms with van der Waals surface area (Å²) in [6.07, 6.45) is 3.61. The van der Waals surface area contributed by atoms with Crippen molar-refractivity contribution in [2.45, 2.75) is 13.5 Å². The van der Waals surface area contributed by atoms with Crippen LogP contribution in [0.5, 0.6) is 0 Å². The molecular weight excluding hydrogens is 286 g/mol. The standard InChI is InChI=1S/C18H19N5/c1-14-11-17(20-13-15-7-6-10-19-12-15)22-18(21-14)23(2)16-8-4-3-5-9-16/h3-12H,13H2,1-2H3,(H,20,21,22). The zero-order valence-corrected chi connectivity index (χ0v) is 13.3. The van der Waals surface area contributed by atoms with Gasteiger partial charge >= 0.3 is 0 Å². The van der Waals surface area contributed by atoms with E-state index in [4.69, 9.17) is 0 Å². The number of nitrogens with zero attached hydrogens (tertiary/aromatic N) is 4. The average Bonchev–Trinajstić information content (AvgIpc) is 2.60. The smallest absolute Gasteiger partial charge is 0.231 e. The molecule has 23 heavy (non-hydrogen) atoms. The van der Waals surface area contributed by atoms with Crippen LogP contribution in [-0.2, 0) is 6.54 Å². The monoisotopic (exact) mass is 305 g/mol. The molecule has 2 heterocycles. The molecule has 0 bridgehead atoms. The summed E-state index contributed by atoms with van der Waals surface area (Å²) in [5.41, 5.74) is 3.09. The van der Waals surface area contributed by atoms with E-state index in [9.17, 15) is 0 Å². The van der Waals surface area contributed by atoms with E-state index >= 15 is 0 Å². The molecule has 1 N–H and O–H groups in total. The first-order valence-corrected chi connectivity index (χ1v) is 7.49. The molecule has 0 spiro atoms. The maximum Gasteiger partial charge on any atom is 0.231 e. The summed E-state index contributed by atoms with van der Waals surface area (Å²) < 4.78 is 0. The average molecular weight is 305 g/mol. The Bertz CT molecular complexity index is 759. The Morgan fingerprint density at radius 2 is 1.87 bits per heavy atom. The van der Waals surface area contributed by atoms with Crippen LogP contribution in [0.3, 0.4) is 0 Å². The highest BCUT2D eigenvalue weighted by atomic mass is 15.2. The molecule has 5 heteroatoms. The number of hydrogen-bond acceptors (Lipinski definition) is 5. The molecule has 116 valence electrons. The number of nitrogens with one attached hydrogen (secondary N) is 1. The van der Waals surface area contributed by atoms with Crippen molar-refractivity contribution in [2.24, 2.45) is 0 Å². The van der Waals surface area contributed by atoms with Gasteiger partial charge in [0.15, 0.2) is 0 Å². The third-order valence-electron chi connectivity index (χ3n) is 3.48. The Balaban J connectivity index is 1.79. The van der Waals surface area contributed by atoms with Crippen LogP contribution < -0.4 is 10.2 Å². The largest absolute Gasteiger partial charge is 0.366 e. The lowest BCUT2D eigenvalue weighted by atomic mass is 10.3. The number of aryl methyl sites for hydroxylation is 1. The fourth-order valence-electron chi connectivity index (χ4n) is 2.26. The van der Waals surface area contributed by atoms with Gasteiger partial charge in [0, 0.05) is 43.4 Å². The number of hydrogen-bond donors (Lipinski definition) is 1. The summed E-state index contributed by atoms with van der Waals surface area (Å²) in [5, 5.41) is 3.33. The zero-order valence-electron chi connectivity index (χ0n) is 13.3. The van der Waals surface area contributed by atoms with Crippen molar-refractivity contribution in [3.63, 3.8) is 0 Å². The summed E-state index contributed by atoms with van der Waals surface area (Å²) in [6, 6.07) is 16.0. The molecule has 0 aliphatic carbocycles. The molecule has 1 aromatic carbocycles. The second-order valence-electron chi connectivity index (χ2n) is 5.30. The first-order valence-electron chi connectivity index (χ1n) is 7.49. The molecule has 0 atom stereocenters. The Labute approximate surface area is 136 Å². The van der Waals surface area contributed by atoms with Crippen LogP contribution in [-0.4, -0.2) is 22.0 Å². The van der Waals surface area contributed by atoms with Gasteiger partial charge in [-0.15, -0.1) is 0 Å². The molecule has 0 aliphatic rings. The Kier molecular flexibility index (Phi) is 4.47. The van der Waals surface area contributed by atoms with Gasteiger partial charge in [0.2, 0.25) is 5.95 Å². The molecule has 0 saturated carbocycles. The van der Waals surface area contributed by atoms with Crippen LogP contribution in [0, 0.1) is 6.92 Å². The molecule has 0 radical (unpaired) electrons. The van der Waals surface area contributed by atoms with Gasteiger partial charge in [-0.05, 0) is 30.7 Å². The number of rotatable bonds is 5. The normalized spacial score (nSPS) is 10.3. The molecule has 0 aliphatic heterocycles. The third kappa shape index (κ3) is 3.83. The first kappa shape index (κ1) is 15.0. The molecule has 3 aromatic rings. The zero-order chi connectivity index (χ0) is 16.1. The second kappa shape index (κ2) is 6.87. The molecule has 0 fully saturated rings. The highest BCUT2D eigenvalue weighted by Gasteiger charge is 2.09. The van der Waals surface area contributed by atoms with Crippen LogP contribution in [0.1, 0.15) is 11.3 Å². The lowest BCUT2D eigenvalue weighted by Crippen LogP contribution is -2.14. The predicted octanol–water partition coefficient (Wildman–Crippen LogP) is 3.56. The van der Waals surface area contributed by atoms with Crippen LogP contribution in [0.4, 0.5) is 17.5 Å². The molecular formula is C18H19N5. The summed E-state index contributed by atoms with van der Waals surface area (Å²) >= 11 is 0. The van der Waals surface area contributed by atoms with E-state index in [1.54, 1.807) is 6.20 Å². The topological polar surface area (TPSA) is 53.9 Å². The lowest BCUT2D eigenvalue weighted by molar-refractivity contribution is 0.996. The molecule has 0 amide bonds. The minimum atomic E-state index is 0.671. The summed E-state index contributed by atoms with van der Waals surface area (Å²) in [7, 11) is 1.97. The summed E-state index contributed by atoms with van der Waals surface area (Å²) in [4.78, 5) is 15.2. The predicted molar refractivity (Wildman–Crippen MR) is 92.8 cm³/mol. The van der Waals surface area contributed by atoms with Crippen molar-refractivity contribution in [1.82, 2.24) is 15.0 Å². The number of aromatic nitrogens is 3. The van der Waals surface area contributed by atoms with E-state index in [-0.39, 0.29) is 0 Å². The van der Waals surface area contributed by atoms with Crippen LogP contribution >= 0.6 is 0 Å². The quantitative estimate of drug-likeness (QED) is 0.781. The van der Waals surface area contributed by atoms with Crippen molar-refractivity contribution in [3.05, 3.63) is 72.2 Å². The van der Waals surface area contributed by atoms with E-state index in [1.807, 2.05) is 73.6 Å². The van der Waals surface area contributed by atoms with Crippen LogP contribution in [0.2, 0.25) is 0 Å². The molecule has 0 unspecified atom stereocenters. The second-order valence-corrected chi connectivity index (χ2v) is 5.30. The number of pyridine rings is 1. The fraction of sp³-hybridized carbons (Fsp3) is 0.167. The van der Waals surface area contributed by atoms with Gasteiger partial charge in [-0.1, -0.05) is 24.3 Å². The Morgan fingerprint density at radius 3 is 2.61 bits per heavy atom. The Morgan fingerprint density at radius 1 is 1.04 bits per heavy atom. The minimum Gasteiger partial charge on any atom is -0.366 e. The molecule has 5 nitrogen and oxygen atoms in total. The van der Waals surface area contributed by atoms with E-state index in [1.165, 1.54) is 0 Å². The van der Waals surface area contributed by atoms with Crippen molar-refractivity contribution < 1.29 is 0 Å². The minimum absolute atomic E-state index is 0.671. The molecule has 2 aromatic heterocycles. The van der Waals surface area contributed by atoms with Crippen molar-refractivity contribution in [2.75, 3.05) is 17.3 Å². The van der Waals surface area contributed by atoms with E-state index in [0.717, 1.165) is 22.8 Å². The van der Waals surface area contributed by atoms with E-state index in [0.29, 0.717) is 12.5 Å². The molecule has 0 saturated heterocycles. The third-order valence-corrected chi connectivity index (χ3v) is 3.48. The van der Waals surface area contributed by atoms with Gasteiger partial charge in [0.1, 0.15) is 5.82 Å². The van der Waals surface area contributed by atoms with Gasteiger partial charge in [0.05, 0.1) is 0 Å². The Hall–Kier alpha value is -2.95. The van der Waals surface area contributed by atoms with Crippen LogP contribution in [0.25, 0.3) is 0 Å². The van der Waals surface area contributed by atoms with Gasteiger partial charge in [0.25, 0.3) is 0 Å². The number of benzene rings is 1. The van der Waals surface area contributed by atoms with Gasteiger partial charge in [-0.25, -0.2) is 4.98 Å². The highest BCUT2D eigenvalue weighted by Crippen LogP contribution is 2.21. The van der Waals surface area contributed by atoms with Gasteiger partial charge < -0.3 is 10.2 Å². The summed E-state index contributed by atoms with van der Waals surface area (Å²) in [6.45, 7) is 2.65. The fourth-order valence-corrected chi connectivity index (χ4v) is 2.26. The van der Waals surface area contributed by atoms with Crippen molar-refractivity contribution in [3.8, 4) is 0 Å². The SMILES string of the molecule is Cc1cc(NCc2cccnc2)nc(N(C)c2ccccc2)n1. The van der Waals surface area contributed by atoms with E-state index in [2.05, 4.69) is 20.3 Å². The van der Waals surface area contributed by atoms with Crippen LogP contribution in [0.15, 0.2) is 60.9 Å². The van der Waals surface area contributed by atoms with Crippen molar-refractivity contribution >= 4 is 17.5 Å². The van der Waals surface area contributed by atoms with E-state index < -0.39 is 0 Å². The number of anilines is 3. The highest BCUT2D eigenvalue weighted by molar-refractivity contribution is 5.57. The van der Waals surface area contributed by atoms with Gasteiger partial charge in [-0.3, -0.25) is 4.98 Å².